The largest absolute Gasteiger partial charge is 0.394 e. The third-order valence-electron chi connectivity index (χ3n) is 15.1. The summed E-state index contributed by atoms with van der Waals surface area (Å²) in [4.78, 5) is 12.6. The van der Waals surface area contributed by atoms with Crippen molar-refractivity contribution in [3.05, 3.63) is 24.3 Å². The first-order chi connectivity index (χ1) is 34.5. The molecule has 70 heavy (non-hydrogen) atoms. The summed E-state index contributed by atoms with van der Waals surface area (Å²) >= 11 is 0. The number of hydrogen-bond donors (Lipinski definition) is 5. The number of aliphatic hydroxyl groups is 4. The van der Waals surface area contributed by atoms with Crippen LogP contribution in [0.3, 0.4) is 0 Å². The second-order valence-corrected chi connectivity index (χ2v) is 22.1. The van der Waals surface area contributed by atoms with Crippen LogP contribution in [0.15, 0.2) is 24.3 Å². The highest BCUT2D eigenvalue weighted by atomic mass is 16.3. The molecule has 416 valence electrons. The molecule has 5 N–H and O–H groups in total. The minimum atomic E-state index is -1.29. The number of allylic oxidation sites excluding steroid dienone is 4. The molecule has 0 saturated carbocycles. The van der Waals surface area contributed by atoms with Crippen molar-refractivity contribution in [1.29, 1.82) is 0 Å². The molecule has 6 nitrogen and oxygen atoms in total. The predicted octanol–water partition coefficient (Wildman–Crippen LogP) is 19.0. The van der Waals surface area contributed by atoms with Gasteiger partial charge in [-0.2, -0.15) is 0 Å². The molecule has 0 heterocycles. The van der Waals surface area contributed by atoms with E-state index < -0.39 is 36.9 Å². The van der Waals surface area contributed by atoms with Crippen molar-refractivity contribution in [3.8, 4) is 0 Å². The molecule has 0 aliphatic rings. The maximum absolute atomic E-state index is 12.6. The molecule has 0 saturated heterocycles. The van der Waals surface area contributed by atoms with Crippen LogP contribution in [0.2, 0.25) is 0 Å². The Morgan fingerprint density at radius 1 is 0.343 bits per heavy atom. The topological polar surface area (TPSA) is 110 Å². The van der Waals surface area contributed by atoms with Crippen LogP contribution >= 0.6 is 0 Å². The summed E-state index contributed by atoms with van der Waals surface area (Å²) in [5.74, 6) is -0.590. The van der Waals surface area contributed by atoms with E-state index in [1.165, 1.54) is 276 Å². The summed E-state index contributed by atoms with van der Waals surface area (Å²) in [5, 5.41) is 44.1. The second kappa shape index (κ2) is 58.7. The van der Waals surface area contributed by atoms with Gasteiger partial charge >= 0.3 is 0 Å². The number of nitrogens with one attached hydrogen (secondary N) is 1. The van der Waals surface area contributed by atoms with Gasteiger partial charge in [-0.05, 0) is 51.4 Å². The second-order valence-electron chi connectivity index (χ2n) is 22.1. The minimum Gasteiger partial charge on any atom is -0.394 e. The smallest absolute Gasteiger partial charge is 0.249 e. The van der Waals surface area contributed by atoms with E-state index in [2.05, 4.69) is 43.5 Å². The zero-order chi connectivity index (χ0) is 50.9. The van der Waals surface area contributed by atoms with Gasteiger partial charge in [0.2, 0.25) is 5.91 Å². The molecule has 0 aliphatic heterocycles. The van der Waals surface area contributed by atoms with Gasteiger partial charge in [0.25, 0.3) is 0 Å². The highest BCUT2D eigenvalue weighted by Gasteiger charge is 2.28. The summed E-state index contributed by atoms with van der Waals surface area (Å²) in [6.07, 6.45) is 72.8. The molecule has 0 radical (unpaired) electrons. The van der Waals surface area contributed by atoms with Gasteiger partial charge in [0.1, 0.15) is 12.2 Å². The number of carbonyl (C=O) groups excluding carboxylic acids is 1. The molecule has 0 aromatic carbocycles. The Hall–Kier alpha value is -1.21. The van der Waals surface area contributed by atoms with Crippen molar-refractivity contribution in [2.24, 2.45) is 0 Å². The molecule has 1 amide bonds. The molecule has 4 atom stereocenters. The first kappa shape index (κ1) is 68.8. The Labute approximate surface area is 437 Å². The fourth-order valence-electron chi connectivity index (χ4n) is 10.2. The van der Waals surface area contributed by atoms with Crippen molar-refractivity contribution in [3.63, 3.8) is 0 Å². The predicted molar refractivity (Wildman–Crippen MR) is 307 cm³/mol. The van der Waals surface area contributed by atoms with Gasteiger partial charge < -0.3 is 25.7 Å². The van der Waals surface area contributed by atoms with E-state index in [1.807, 2.05) is 0 Å². The molecule has 0 bridgehead atoms. The lowest BCUT2D eigenvalue weighted by atomic mass is 10.00. The molecule has 0 rings (SSSR count). The van der Waals surface area contributed by atoms with Crippen LogP contribution in [0.1, 0.15) is 348 Å². The molecule has 6 heteroatoms. The summed E-state index contributed by atoms with van der Waals surface area (Å²) in [6, 6.07) is -1.01. The summed E-state index contributed by atoms with van der Waals surface area (Å²) < 4.78 is 0. The highest BCUT2D eigenvalue weighted by Crippen LogP contribution is 2.19. The van der Waals surface area contributed by atoms with Crippen LogP contribution in [-0.2, 0) is 4.79 Å². The summed E-state index contributed by atoms with van der Waals surface area (Å²) in [7, 11) is 0. The van der Waals surface area contributed by atoms with Crippen LogP contribution in [0, 0.1) is 0 Å². The van der Waals surface area contributed by atoms with Gasteiger partial charge in [-0.3, -0.25) is 4.79 Å². The average molecular weight is 989 g/mol. The van der Waals surface area contributed by atoms with Crippen molar-refractivity contribution in [2.45, 2.75) is 372 Å². The Balaban J connectivity index is 3.60. The van der Waals surface area contributed by atoms with E-state index in [9.17, 15) is 25.2 Å². The van der Waals surface area contributed by atoms with Gasteiger partial charge in [-0.15, -0.1) is 0 Å². The monoisotopic (exact) mass is 988 g/mol. The Bertz CT molecular complexity index is 1060. The number of hydrogen-bond acceptors (Lipinski definition) is 5. The van der Waals surface area contributed by atoms with Crippen molar-refractivity contribution >= 4 is 5.91 Å². The summed E-state index contributed by atoms with van der Waals surface area (Å²) in [6.45, 7) is 4.09. The standard InChI is InChI=1S/C64H125NO5/c1-3-5-7-9-11-13-15-17-19-21-23-25-27-29-30-31-32-33-34-36-38-40-42-44-46-48-50-52-54-56-58-62(68)64(70)65-60(59-66)63(69)61(67)57-55-53-51-49-47-45-43-41-39-37-35-28-26-24-22-20-18-16-14-12-10-8-6-4-2/h41,43,49,51,60-63,66-69H,3-40,42,44-48,50,52-59H2,1-2H3,(H,65,70)/b43-41+,51-49+. The maximum Gasteiger partial charge on any atom is 0.249 e. The molecule has 0 aliphatic carbocycles. The van der Waals surface area contributed by atoms with E-state index in [1.54, 1.807) is 0 Å². The molecular formula is C64H125NO5. The zero-order valence-electron chi connectivity index (χ0n) is 47.3. The SMILES string of the molecule is CCCCCCCCCCCCCCCCC/C=C/CC/C=C/CCCC(O)C(O)C(CO)NC(=O)C(O)CCCCCCCCCCCCCCCCCCCCCCCCCCCCCCCC. The number of amides is 1. The number of aliphatic hydroxyl groups excluding tert-OH is 4. The van der Waals surface area contributed by atoms with Crippen LogP contribution in [0.25, 0.3) is 0 Å². The molecule has 0 spiro atoms. The molecule has 0 aromatic rings. The minimum absolute atomic E-state index is 0.365. The molecule has 4 unspecified atom stereocenters. The van der Waals surface area contributed by atoms with Gasteiger partial charge in [-0.1, -0.05) is 321 Å². The van der Waals surface area contributed by atoms with Crippen LogP contribution in [-0.4, -0.2) is 57.3 Å². The van der Waals surface area contributed by atoms with Crippen molar-refractivity contribution in [1.82, 2.24) is 5.32 Å². The number of carbonyl (C=O) groups is 1. The van der Waals surface area contributed by atoms with Gasteiger partial charge in [0, 0.05) is 0 Å². The highest BCUT2D eigenvalue weighted by molar-refractivity contribution is 5.80. The quantitative estimate of drug-likeness (QED) is 0.0308. The third kappa shape index (κ3) is 51.7. The Morgan fingerprint density at radius 2 is 0.600 bits per heavy atom. The van der Waals surface area contributed by atoms with Crippen LogP contribution < -0.4 is 5.32 Å². The normalized spacial score (nSPS) is 13.7. The van der Waals surface area contributed by atoms with Gasteiger partial charge in [-0.25, -0.2) is 0 Å². The molecular weight excluding hydrogens is 863 g/mol. The van der Waals surface area contributed by atoms with Gasteiger partial charge in [0.15, 0.2) is 0 Å². The zero-order valence-corrected chi connectivity index (χ0v) is 47.3. The van der Waals surface area contributed by atoms with Crippen molar-refractivity contribution < 1.29 is 25.2 Å². The fraction of sp³-hybridized carbons (Fsp3) is 0.922. The van der Waals surface area contributed by atoms with Gasteiger partial charge in [0.05, 0.1) is 18.8 Å². The lowest BCUT2D eigenvalue weighted by Crippen LogP contribution is -2.53. The Kier molecular flexibility index (Phi) is 57.7. The third-order valence-corrected chi connectivity index (χ3v) is 15.1. The first-order valence-corrected chi connectivity index (χ1v) is 31.7. The number of rotatable bonds is 59. The summed E-state index contributed by atoms with van der Waals surface area (Å²) in [5.41, 5.74) is 0. The molecule has 0 aromatic heterocycles. The van der Waals surface area contributed by atoms with E-state index >= 15 is 0 Å². The fourth-order valence-corrected chi connectivity index (χ4v) is 10.2. The lowest BCUT2D eigenvalue weighted by Gasteiger charge is -2.27. The average Bonchev–Trinajstić information content (AvgIpc) is 3.36. The lowest BCUT2D eigenvalue weighted by molar-refractivity contribution is -0.132. The van der Waals surface area contributed by atoms with E-state index in [0.717, 1.165) is 38.5 Å². The van der Waals surface area contributed by atoms with Crippen LogP contribution in [0.4, 0.5) is 0 Å². The van der Waals surface area contributed by atoms with E-state index in [4.69, 9.17) is 0 Å². The van der Waals surface area contributed by atoms with E-state index in [0.29, 0.717) is 19.3 Å². The number of unbranched alkanes of at least 4 members (excludes halogenated alkanes) is 46. The maximum atomic E-state index is 12.6. The van der Waals surface area contributed by atoms with E-state index in [-0.39, 0.29) is 0 Å². The first-order valence-electron chi connectivity index (χ1n) is 31.7. The van der Waals surface area contributed by atoms with Crippen molar-refractivity contribution in [2.75, 3.05) is 6.61 Å². The molecule has 0 fully saturated rings. The Morgan fingerprint density at radius 3 is 0.900 bits per heavy atom. The van der Waals surface area contributed by atoms with Crippen LogP contribution in [0.5, 0.6) is 0 Å².